The molecule has 0 saturated heterocycles. The molecule has 1 rings (SSSR count). The lowest BCUT2D eigenvalue weighted by molar-refractivity contribution is -0.139. The third-order valence-corrected chi connectivity index (χ3v) is 5.15. The van der Waals surface area contributed by atoms with Crippen molar-refractivity contribution in [3.63, 3.8) is 0 Å². The van der Waals surface area contributed by atoms with Gasteiger partial charge in [-0.3, -0.25) is 9.98 Å². The van der Waals surface area contributed by atoms with Crippen molar-refractivity contribution in [3.05, 3.63) is 28.8 Å². The highest BCUT2D eigenvalue weighted by Crippen LogP contribution is 2.22. The summed E-state index contributed by atoms with van der Waals surface area (Å²) in [5.41, 5.74) is 1.55. The number of aliphatic imine (C=N–C) groups is 2. The Hall–Kier alpha value is -2.00. The fraction of sp³-hybridized carbons (Fsp3) is 0.474. The second-order valence-corrected chi connectivity index (χ2v) is 8.09. The number of thioether (sulfide) groups is 2. The van der Waals surface area contributed by atoms with E-state index in [-0.39, 0.29) is 5.75 Å². The van der Waals surface area contributed by atoms with E-state index < -0.39 is 24.0 Å². The summed E-state index contributed by atoms with van der Waals surface area (Å²) in [6, 6.07) is 1.61. The molecule has 0 fully saturated rings. The van der Waals surface area contributed by atoms with Crippen molar-refractivity contribution < 1.29 is 24.9 Å². The second-order valence-electron chi connectivity index (χ2n) is 6.12. The molecule has 0 aromatic heterocycles. The molecule has 0 bridgehead atoms. The first-order chi connectivity index (χ1) is 13.3. The van der Waals surface area contributed by atoms with E-state index in [0.29, 0.717) is 35.5 Å². The maximum atomic E-state index is 11.3. The van der Waals surface area contributed by atoms with Crippen molar-refractivity contribution in [3.8, 4) is 5.75 Å². The molecule has 3 N–H and O–H groups in total. The molecule has 0 aliphatic rings. The van der Waals surface area contributed by atoms with Crippen LogP contribution in [0.3, 0.4) is 0 Å². The third kappa shape index (κ3) is 7.93. The van der Waals surface area contributed by atoms with Crippen molar-refractivity contribution >= 4 is 47.9 Å². The predicted octanol–water partition coefficient (Wildman–Crippen LogP) is 2.95. The van der Waals surface area contributed by atoms with Gasteiger partial charge in [0.15, 0.2) is 0 Å². The van der Waals surface area contributed by atoms with Crippen LogP contribution in [0.1, 0.15) is 29.5 Å². The molecule has 0 spiro atoms. The Morgan fingerprint density at radius 3 is 1.68 bits per heavy atom. The zero-order valence-corrected chi connectivity index (χ0v) is 17.8. The van der Waals surface area contributed by atoms with E-state index in [1.54, 1.807) is 35.7 Å². The molecule has 0 heterocycles. The standard InChI is InChI=1S/C19H26N2O5S2/c1-12-8-13(10-20-15(18(23)24)4-6-27-2)17(22)14(9-12)11-21-16(19(25)26)5-7-28-3/h8-11,15-16,22H,4-7H2,1-3H3,(H,23,24)(H,25,26)/t15-,16-/m0/s1. The molecule has 0 aliphatic heterocycles. The molecule has 0 saturated carbocycles. The number of hydrogen-bond acceptors (Lipinski definition) is 7. The number of phenolic OH excluding ortho intramolecular Hbond substituents is 1. The number of hydrogen-bond donors (Lipinski definition) is 3. The average molecular weight is 427 g/mol. The first-order valence-electron chi connectivity index (χ1n) is 8.63. The summed E-state index contributed by atoms with van der Waals surface area (Å²) < 4.78 is 0. The van der Waals surface area contributed by atoms with Gasteiger partial charge in [0, 0.05) is 23.6 Å². The zero-order valence-electron chi connectivity index (χ0n) is 16.2. The van der Waals surface area contributed by atoms with Gasteiger partial charge in [0.25, 0.3) is 0 Å². The van der Waals surface area contributed by atoms with Crippen LogP contribution in [0.25, 0.3) is 0 Å². The Kier molecular flexibility index (Phi) is 10.7. The van der Waals surface area contributed by atoms with Crippen molar-refractivity contribution in [1.82, 2.24) is 0 Å². The zero-order chi connectivity index (χ0) is 21.1. The number of phenols is 1. The van der Waals surface area contributed by atoms with Crippen LogP contribution in [0.5, 0.6) is 5.75 Å². The molecule has 9 heteroatoms. The highest BCUT2D eigenvalue weighted by Gasteiger charge is 2.16. The van der Waals surface area contributed by atoms with Gasteiger partial charge in [0.05, 0.1) is 0 Å². The van der Waals surface area contributed by atoms with Crippen LogP contribution in [-0.4, -0.2) is 75.8 Å². The molecule has 1 aromatic carbocycles. The van der Waals surface area contributed by atoms with Crippen molar-refractivity contribution in [2.24, 2.45) is 9.98 Å². The van der Waals surface area contributed by atoms with Gasteiger partial charge in [-0.15, -0.1) is 0 Å². The number of carbonyl (C=O) groups is 2. The SMILES string of the molecule is CSCC[C@H](N=Cc1cc(C)cc(C=N[C@@H](CCSC)C(=O)O)c1O)C(=O)O. The monoisotopic (exact) mass is 426 g/mol. The first kappa shape index (κ1) is 24.0. The molecule has 0 amide bonds. The van der Waals surface area contributed by atoms with E-state index in [1.807, 2.05) is 19.4 Å². The van der Waals surface area contributed by atoms with Gasteiger partial charge in [0.2, 0.25) is 0 Å². The normalized spacial score (nSPS) is 13.8. The van der Waals surface area contributed by atoms with Gasteiger partial charge in [-0.1, -0.05) is 0 Å². The van der Waals surface area contributed by atoms with Crippen molar-refractivity contribution in [2.45, 2.75) is 31.8 Å². The molecule has 0 radical (unpaired) electrons. The van der Waals surface area contributed by atoms with E-state index in [1.165, 1.54) is 12.4 Å². The summed E-state index contributed by atoms with van der Waals surface area (Å²) in [5.74, 6) is -0.812. The van der Waals surface area contributed by atoms with Crippen LogP contribution in [0.15, 0.2) is 22.1 Å². The lowest BCUT2D eigenvalue weighted by atomic mass is 10.1. The summed E-state index contributed by atoms with van der Waals surface area (Å²) in [6.45, 7) is 1.82. The van der Waals surface area contributed by atoms with E-state index in [4.69, 9.17) is 0 Å². The molecule has 7 nitrogen and oxygen atoms in total. The van der Waals surface area contributed by atoms with Gasteiger partial charge < -0.3 is 15.3 Å². The Bertz CT molecular complexity index is 680. The summed E-state index contributed by atoms with van der Waals surface area (Å²) in [6.07, 6.45) is 7.27. The fourth-order valence-electron chi connectivity index (χ4n) is 2.36. The maximum Gasteiger partial charge on any atom is 0.328 e. The van der Waals surface area contributed by atoms with Gasteiger partial charge in [-0.25, -0.2) is 9.59 Å². The Morgan fingerprint density at radius 1 is 0.964 bits per heavy atom. The van der Waals surface area contributed by atoms with E-state index in [2.05, 4.69) is 9.98 Å². The number of carboxylic acid groups (broad SMARTS) is 2. The number of benzene rings is 1. The maximum absolute atomic E-state index is 11.3. The lowest BCUT2D eigenvalue weighted by Gasteiger charge is -2.09. The Labute approximate surface area is 173 Å². The van der Waals surface area contributed by atoms with E-state index in [9.17, 15) is 24.9 Å². The van der Waals surface area contributed by atoms with Gasteiger partial charge >= 0.3 is 11.9 Å². The quantitative estimate of drug-likeness (QED) is 0.440. The van der Waals surface area contributed by atoms with Crippen LogP contribution < -0.4 is 0 Å². The molecule has 0 unspecified atom stereocenters. The number of nitrogens with zero attached hydrogens (tertiary/aromatic N) is 2. The second kappa shape index (κ2) is 12.5. The summed E-state index contributed by atoms with van der Waals surface area (Å²) >= 11 is 3.08. The van der Waals surface area contributed by atoms with Crippen molar-refractivity contribution in [2.75, 3.05) is 24.0 Å². The van der Waals surface area contributed by atoms with Gasteiger partial charge in [-0.2, -0.15) is 23.5 Å². The molecular formula is C19H26N2O5S2. The Balaban J connectivity index is 3.10. The molecular weight excluding hydrogens is 400 g/mol. The number of aryl methyl sites for hydroxylation is 1. The molecule has 2 atom stereocenters. The van der Waals surface area contributed by atoms with Crippen LogP contribution in [0, 0.1) is 6.92 Å². The average Bonchev–Trinajstić information content (AvgIpc) is 2.64. The minimum absolute atomic E-state index is 0.110. The first-order valence-corrected chi connectivity index (χ1v) is 11.4. The number of carboxylic acids is 2. The third-order valence-electron chi connectivity index (χ3n) is 3.86. The summed E-state index contributed by atoms with van der Waals surface area (Å²) in [4.78, 5) is 30.8. The van der Waals surface area contributed by atoms with E-state index >= 15 is 0 Å². The molecule has 0 aliphatic carbocycles. The number of rotatable bonds is 12. The minimum Gasteiger partial charge on any atom is -0.507 e. The largest absolute Gasteiger partial charge is 0.507 e. The summed E-state index contributed by atoms with van der Waals surface area (Å²) in [7, 11) is 0. The highest BCUT2D eigenvalue weighted by molar-refractivity contribution is 7.98. The van der Waals surface area contributed by atoms with Crippen LogP contribution in [-0.2, 0) is 9.59 Å². The minimum atomic E-state index is -1.02. The fourth-order valence-corrected chi connectivity index (χ4v) is 3.27. The smallest absolute Gasteiger partial charge is 0.328 e. The molecule has 154 valence electrons. The van der Waals surface area contributed by atoms with Crippen LogP contribution in [0.2, 0.25) is 0 Å². The number of aliphatic carboxylic acids is 2. The van der Waals surface area contributed by atoms with E-state index in [0.717, 1.165) is 5.56 Å². The van der Waals surface area contributed by atoms with Crippen LogP contribution in [0.4, 0.5) is 0 Å². The summed E-state index contributed by atoms with van der Waals surface area (Å²) in [5, 5.41) is 29.0. The number of aromatic hydroxyl groups is 1. The van der Waals surface area contributed by atoms with Gasteiger partial charge in [-0.05, 0) is 61.5 Å². The van der Waals surface area contributed by atoms with Crippen LogP contribution >= 0.6 is 23.5 Å². The van der Waals surface area contributed by atoms with Crippen molar-refractivity contribution in [1.29, 1.82) is 0 Å². The predicted molar refractivity (Wildman–Crippen MR) is 117 cm³/mol. The lowest BCUT2D eigenvalue weighted by Crippen LogP contribution is -2.19. The molecule has 28 heavy (non-hydrogen) atoms. The highest BCUT2D eigenvalue weighted by atomic mass is 32.2. The van der Waals surface area contributed by atoms with Gasteiger partial charge in [0.1, 0.15) is 17.8 Å². The Morgan fingerprint density at radius 2 is 1.36 bits per heavy atom. The molecule has 1 aromatic rings. The topological polar surface area (TPSA) is 120 Å².